The Balaban J connectivity index is 1.44. The van der Waals surface area contributed by atoms with E-state index in [2.05, 4.69) is 66.0 Å². The fourth-order valence-electron chi connectivity index (χ4n) is 4.65. The SMILES string of the molecule is CC1(C)CC(c2ccccc2)Nc2c(C(=O)Nc3ccc4c(c3)CCC4)cnn21. The number of aryl methyl sites for hydroxylation is 2. The number of benzene rings is 2. The van der Waals surface area contributed by atoms with Crippen LogP contribution in [0.4, 0.5) is 11.5 Å². The molecule has 1 unspecified atom stereocenters. The van der Waals surface area contributed by atoms with E-state index < -0.39 is 0 Å². The maximum absolute atomic E-state index is 13.1. The normalized spacial score (nSPS) is 19.2. The van der Waals surface area contributed by atoms with Crippen molar-refractivity contribution in [3.63, 3.8) is 0 Å². The van der Waals surface area contributed by atoms with E-state index in [4.69, 9.17) is 0 Å². The minimum Gasteiger partial charge on any atom is -0.363 e. The zero-order chi connectivity index (χ0) is 20.0. The zero-order valence-corrected chi connectivity index (χ0v) is 16.9. The number of amides is 1. The molecule has 2 heterocycles. The number of aromatic nitrogens is 2. The summed E-state index contributed by atoms with van der Waals surface area (Å²) in [6.07, 6.45) is 6.01. The molecule has 0 bridgehead atoms. The summed E-state index contributed by atoms with van der Waals surface area (Å²) in [7, 11) is 0. The van der Waals surface area contributed by atoms with Gasteiger partial charge in [-0.3, -0.25) is 4.79 Å². The van der Waals surface area contributed by atoms with Crippen LogP contribution < -0.4 is 10.6 Å². The van der Waals surface area contributed by atoms with Gasteiger partial charge in [-0.2, -0.15) is 5.10 Å². The molecule has 1 aromatic heterocycles. The number of carbonyl (C=O) groups excluding carboxylic acids is 1. The van der Waals surface area contributed by atoms with Gasteiger partial charge >= 0.3 is 0 Å². The molecule has 5 nitrogen and oxygen atoms in total. The van der Waals surface area contributed by atoms with Crippen LogP contribution >= 0.6 is 0 Å². The number of fused-ring (bicyclic) bond motifs is 2. The Kier molecular flexibility index (Phi) is 4.19. The zero-order valence-electron chi connectivity index (χ0n) is 16.9. The Bertz CT molecular complexity index is 1070. The van der Waals surface area contributed by atoms with Crippen molar-refractivity contribution in [2.75, 3.05) is 10.6 Å². The lowest BCUT2D eigenvalue weighted by atomic mass is 9.89. The van der Waals surface area contributed by atoms with Crippen molar-refractivity contribution >= 4 is 17.4 Å². The number of hydrogen-bond donors (Lipinski definition) is 2. The Morgan fingerprint density at radius 3 is 2.76 bits per heavy atom. The van der Waals surface area contributed by atoms with Crippen molar-refractivity contribution in [2.24, 2.45) is 0 Å². The lowest BCUT2D eigenvalue weighted by Crippen LogP contribution is -2.38. The van der Waals surface area contributed by atoms with Crippen LogP contribution in [0, 0.1) is 0 Å². The molecule has 0 saturated heterocycles. The minimum atomic E-state index is -0.187. The molecule has 0 spiro atoms. The first-order valence-corrected chi connectivity index (χ1v) is 10.3. The summed E-state index contributed by atoms with van der Waals surface area (Å²) < 4.78 is 1.95. The number of carbonyl (C=O) groups is 1. The van der Waals surface area contributed by atoms with Gasteiger partial charge in [0.1, 0.15) is 11.4 Å². The van der Waals surface area contributed by atoms with E-state index in [1.807, 2.05) is 16.8 Å². The highest BCUT2D eigenvalue weighted by Crippen LogP contribution is 2.40. The summed E-state index contributed by atoms with van der Waals surface area (Å²) in [5.74, 6) is 0.662. The van der Waals surface area contributed by atoms with Crippen molar-refractivity contribution in [2.45, 2.75) is 51.1 Å². The largest absolute Gasteiger partial charge is 0.363 e. The van der Waals surface area contributed by atoms with Gasteiger partial charge < -0.3 is 10.6 Å². The molecule has 0 radical (unpaired) electrons. The molecule has 0 saturated carbocycles. The van der Waals surface area contributed by atoms with Crippen LogP contribution in [0.3, 0.4) is 0 Å². The van der Waals surface area contributed by atoms with Gasteiger partial charge in [0.05, 0.1) is 17.8 Å². The van der Waals surface area contributed by atoms with Gasteiger partial charge in [-0.1, -0.05) is 36.4 Å². The number of nitrogens with zero attached hydrogens (tertiary/aromatic N) is 2. The molecular weight excluding hydrogens is 360 g/mol. The summed E-state index contributed by atoms with van der Waals surface area (Å²) in [6.45, 7) is 4.34. The van der Waals surface area contributed by atoms with Gasteiger partial charge in [0, 0.05) is 5.69 Å². The predicted molar refractivity (Wildman–Crippen MR) is 115 cm³/mol. The van der Waals surface area contributed by atoms with E-state index in [0.717, 1.165) is 30.8 Å². The molecule has 0 fully saturated rings. The van der Waals surface area contributed by atoms with Crippen molar-refractivity contribution < 1.29 is 4.79 Å². The highest BCUT2D eigenvalue weighted by atomic mass is 16.1. The molecule has 1 amide bonds. The monoisotopic (exact) mass is 386 g/mol. The molecule has 5 heteroatoms. The summed E-state index contributed by atoms with van der Waals surface area (Å²) in [5, 5.41) is 11.2. The second-order valence-electron chi connectivity index (χ2n) is 8.73. The Morgan fingerprint density at radius 2 is 1.93 bits per heavy atom. The predicted octanol–water partition coefficient (Wildman–Crippen LogP) is 4.92. The van der Waals surface area contributed by atoms with Crippen LogP contribution in [0.25, 0.3) is 0 Å². The van der Waals surface area contributed by atoms with Gasteiger partial charge in [0.25, 0.3) is 5.91 Å². The lowest BCUT2D eigenvalue weighted by Gasteiger charge is -2.38. The molecule has 2 aromatic carbocycles. The van der Waals surface area contributed by atoms with Gasteiger partial charge in [-0.15, -0.1) is 0 Å². The first-order chi connectivity index (χ1) is 14.0. The highest BCUT2D eigenvalue weighted by molar-refractivity contribution is 6.07. The van der Waals surface area contributed by atoms with E-state index in [1.165, 1.54) is 23.1 Å². The molecular formula is C24H26N4O. The second-order valence-corrected chi connectivity index (χ2v) is 8.73. The van der Waals surface area contributed by atoms with E-state index >= 15 is 0 Å². The van der Waals surface area contributed by atoms with Crippen molar-refractivity contribution in [1.82, 2.24) is 9.78 Å². The lowest BCUT2D eigenvalue weighted by molar-refractivity contribution is 0.102. The fourth-order valence-corrected chi connectivity index (χ4v) is 4.65. The molecule has 1 aliphatic heterocycles. The Morgan fingerprint density at radius 1 is 1.14 bits per heavy atom. The third kappa shape index (κ3) is 3.20. The second kappa shape index (κ2) is 6.76. The smallest absolute Gasteiger partial charge is 0.261 e. The molecule has 2 N–H and O–H groups in total. The van der Waals surface area contributed by atoms with Crippen LogP contribution in [0.2, 0.25) is 0 Å². The van der Waals surface area contributed by atoms with Crippen LogP contribution in [0.15, 0.2) is 54.7 Å². The molecule has 2 aliphatic rings. The highest BCUT2D eigenvalue weighted by Gasteiger charge is 2.36. The standard InChI is InChI=1S/C24H26N4O/c1-24(2)14-21(17-7-4-3-5-8-17)27-22-20(15-25-28(22)24)23(29)26-19-12-11-16-9-6-10-18(16)13-19/h3-5,7-8,11-13,15,21,27H,6,9-10,14H2,1-2H3,(H,26,29). The number of hydrogen-bond acceptors (Lipinski definition) is 3. The molecule has 1 aliphatic carbocycles. The van der Waals surface area contributed by atoms with Crippen LogP contribution in [-0.2, 0) is 18.4 Å². The number of nitrogens with one attached hydrogen (secondary N) is 2. The van der Waals surface area contributed by atoms with Gasteiger partial charge in [0.2, 0.25) is 0 Å². The average Bonchev–Trinajstić information content (AvgIpc) is 3.35. The maximum atomic E-state index is 13.1. The maximum Gasteiger partial charge on any atom is 0.261 e. The summed E-state index contributed by atoms with van der Waals surface area (Å²) in [5.41, 5.74) is 5.22. The van der Waals surface area contributed by atoms with Crippen molar-refractivity contribution in [1.29, 1.82) is 0 Å². The number of rotatable bonds is 3. The van der Waals surface area contributed by atoms with E-state index in [1.54, 1.807) is 6.20 Å². The molecule has 148 valence electrons. The first-order valence-electron chi connectivity index (χ1n) is 10.3. The summed E-state index contributed by atoms with van der Waals surface area (Å²) >= 11 is 0. The van der Waals surface area contributed by atoms with Gasteiger partial charge in [0.15, 0.2) is 0 Å². The minimum absolute atomic E-state index is 0.124. The third-order valence-corrected chi connectivity index (χ3v) is 6.16. The Hall–Kier alpha value is -3.08. The van der Waals surface area contributed by atoms with E-state index in [-0.39, 0.29) is 17.5 Å². The Labute approximate surface area is 171 Å². The first kappa shape index (κ1) is 18.0. The third-order valence-electron chi connectivity index (χ3n) is 6.16. The fraction of sp³-hybridized carbons (Fsp3) is 0.333. The van der Waals surface area contributed by atoms with Gasteiger partial charge in [-0.05, 0) is 68.4 Å². The molecule has 3 aromatic rings. The molecule has 1 atom stereocenters. The van der Waals surface area contributed by atoms with Crippen LogP contribution in [-0.4, -0.2) is 15.7 Å². The van der Waals surface area contributed by atoms with E-state index in [9.17, 15) is 4.79 Å². The average molecular weight is 386 g/mol. The van der Waals surface area contributed by atoms with Crippen molar-refractivity contribution in [3.05, 3.63) is 77.0 Å². The topological polar surface area (TPSA) is 59.0 Å². The number of anilines is 2. The summed E-state index contributed by atoms with van der Waals surface area (Å²) in [6, 6.07) is 16.8. The molecule has 29 heavy (non-hydrogen) atoms. The summed E-state index contributed by atoms with van der Waals surface area (Å²) in [4.78, 5) is 13.1. The van der Waals surface area contributed by atoms with Crippen LogP contribution in [0.1, 0.15) is 59.8 Å². The van der Waals surface area contributed by atoms with Crippen molar-refractivity contribution in [3.8, 4) is 0 Å². The van der Waals surface area contributed by atoms with E-state index in [0.29, 0.717) is 5.56 Å². The molecule has 5 rings (SSSR count). The quantitative estimate of drug-likeness (QED) is 0.672. The van der Waals surface area contributed by atoms with Crippen LogP contribution in [0.5, 0.6) is 0 Å². The van der Waals surface area contributed by atoms with Gasteiger partial charge in [-0.25, -0.2) is 4.68 Å².